The third-order valence-corrected chi connectivity index (χ3v) is 4.66. The Hall–Kier alpha value is -1.10. The van der Waals surface area contributed by atoms with Crippen LogP contribution in [0.2, 0.25) is 0 Å². The summed E-state index contributed by atoms with van der Waals surface area (Å²) in [5.74, 6) is 0.668. The number of rotatable bonds is 4. The lowest BCUT2D eigenvalue weighted by Crippen LogP contribution is -2.31. The summed E-state index contributed by atoms with van der Waals surface area (Å²) in [7, 11) is 1.68. The molecule has 0 spiro atoms. The van der Waals surface area contributed by atoms with Crippen molar-refractivity contribution in [3.05, 3.63) is 29.8 Å². The van der Waals surface area contributed by atoms with Gasteiger partial charge in [0, 0.05) is 12.8 Å². The summed E-state index contributed by atoms with van der Waals surface area (Å²) in [6.07, 6.45) is 5.94. The van der Waals surface area contributed by atoms with Gasteiger partial charge in [-0.25, -0.2) is 10.1 Å². The zero-order valence-electron chi connectivity index (χ0n) is 11.9. The predicted octanol–water partition coefficient (Wildman–Crippen LogP) is 3.40. The molecule has 1 aromatic carbocycles. The molecular weight excluding hydrogens is 256 g/mol. The van der Waals surface area contributed by atoms with E-state index in [0.29, 0.717) is 5.92 Å². The van der Waals surface area contributed by atoms with Crippen LogP contribution in [-0.4, -0.2) is 24.3 Å². The molecule has 0 aliphatic carbocycles. The van der Waals surface area contributed by atoms with Crippen molar-refractivity contribution in [2.45, 2.75) is 50.4 Å². The highest BCUT2D eigenvalue weighted by atomic mass is 17.1. The molecule has 2 fully saturated rings. The van der Waals surface area contributed by atoms with Gasteiger partial charge in [-0.1, -0.05) is 12.1 Å². The molecule has 2 aliphatic heterocycles. The molecule has 0 amide bonds. The Morgan fingerprint density at radius 2 is 2.05 bits per heavy atom. The standard InChI is InChI=1S/C16H22O4/c1-18-14-6-4-12(5-7-14)11-13-3-2-9-16(20-17)10-8-15(13)19-16/h4-7,13,15,17H,2-3,8-11H2,1H3/t13-,15+,16-/m1/s1. The molecule has 2 saturated heterocycles. The number of benzene rings is 1. The van der Waals surface area contributed by atoms with Crippen LogP contribution in [-0.2, 0) is 16.0 Å². The maximum absolute atomic E-state index is 9.09. The van der Waals surface area contributed by atoms with E-state index in [0.717, 1.165) is 44.3 Å². The minimum Gasteiger partial charge on any atom is -0.497 e. The van der Waals surface area contributed by atoms with Gasteiger partial charge in [0.05, 0.1) is 13.2 Å². The normalized spacial score (nSPS) is 32.9. The molecule has 0 unspecified atom stereocenters. The summed E-state index contributed by atoms with van der Waals surface area (Å²) in [5.41, 5.74) is 1.31. The zero-order valence-corrected chi connectivity index (χ0v) is 11.9. The Bertz CT molecular complexity index is 444. The quantitative estimate of drug-likeness (QED) is 0.677. The van der Waals surface area contributed by atoms with Crippen LogP contribution in [0.5, 0.6) is 5.75 Å². The van der Waals surface area contributed by atoms with Crippen molar-refractivity contribution in [2.24, 2.45) is 5.92 Å². The number of methoxy groups -OCH3 is 1. The molecular formula is C16H22O4. The fourth-order valence-electron chi connectivity index (χ4n) is 3.50. The molecule has 2 heterocycles. The zero-order chi connectivity index (χ0) is 14.0. The van der Waals surface area contributed by atoms with Crippen LogP contribution in [0.15, 0.2) is 24.3 Å². The number of hydrogen-bond acceptors (Lipinski definition) is 4. The van der Waals surface area contributed by atoms with E-state index >= 15 is 0 Å². The van der Waals surface area contributed by atoms with Gasteiger partial charge in [0.25, 0.3) is 0 Å². The molecule has 1 N–H and O–H groups in total. The smallest absolute Gasteiger partial charge is 0.201 e. The minimum atomic E-state index is -0.723. The monoisotopic (exact) mass is 278 g/mol. The van der Waals surface area contributed by atoms with Crippen LogP contribution < -0.4 is 4.74 Å². The van der Waals surface area contributed by atoms with Gasteiger partial charge in [-0.15, -0.1) is 0 Å². The van der Waals surface area contributed by atoms with Gasteiger partial charge in [0.15, 0.2) is 0 Å². The SMILES string of the molecule is COc1ccc(C[C@H]2CCC[C@@]3(OO)CC[C@@H]2O3)cc1. The van der Waals surface area contributed by atoms with Crippen molar-refractivity contribution in [3.63, 3.8) is 0 Å². The second-order valence-electron chi connectivity index (χ2n) is 5.90. The Labute approximate surface area is 119 Å². The third-order valence-electron chi connectivity index (χ3n) is 4.66. The van der Waals surface area contributed by atoms with E-state index < -0.39 is 5.79 Å². The van der Waals surface area contributed by atoms with Crippen LogP contribution in [0.1, 0.15) is 37.7 Å². The molecule has 2 bridgehead atoms. The molecule has 3 rings (SSSR count). The molecule has 4 heteroatoms. The molecule has 0 radical (unpaired) electrons. The first-order chi connectivity index (χ1) is 9.74. The molecule has 0 saturated carbocycles. The van der Waals surface area contributed by atoms with E-state index in [1.165, 1.54) is 5.56 Å². The average Bonchev–Trinajstić information content (AvgIpc) is 2.83. The van der Waals surface area contributed by atoms with Crippen molar-refractivity contribution in [2.75, 3.05) is 7.11 Å². The van der Waals surface area contributed by atoms with Crippen LogP contribution in [0.3, 0.4) is 0 Å². The molecule has 2 aliphatic rings. The highest BCUT2D eigenvalue weighted by molar-refractivity contribution is 5.27. The van der Waals surface area contributed by atoms with Crippen LogP contribution in [0.4, 0.5) is 0 Å². The average molecular weight is 278 g/mol. The van der Waals surface area contributed by atoms with Crippen molar-refractivity contribution in [1.82, 2.24) is 0 Å². The van der Waals surface area contributed by atoms with E-state index in [4.69, 9.17) is 14.7 Å². The Morgan fingerprint density at radius 1 is 1.25 bits per heavy atom. The first-order valence-electron chi connectivity index (χ1n) is 7.38. The summed E-state index contributed by atoms with van der Waals surface area (Å²) in [6.45, 7) is 0. The first kappa shape index (κ1) is 13.9. The summed E-state index contributed by atoms with van der Waals surface area (Å²) >= 11 is 0. The minimum absolute atomic E-state index is 0.201. The lowest BCUT2D eigenvalue weighted by atomic mass is 9.85. The Morgan fingerprint density at radius 3 is 2.75 bits per heavy atom. The Balaban J connectivity index is 1.68. The highest BCUT2D eigenvalue weighted by Gasteiger charge is 2.46. The van der Waals surface area contributed by atoms with E-state index in [-0.39, 0.29) is 6.10 Å². The third kappa shape index (κ3) is 2.68. The second-order valence-corrected chi connectivity index (χ2v) is 5.90. The van der Waals surface area contributed by atoms with Gasteiger partial charge in [0.1, 0.15) is 5.75 Å². The predicted molar refractivity (Wildman–Crippen MR) is 74.6 cm³/mol. The molecule has 20 heavy (non-hydrogen) atoms. The maximum Gasteiger partial charge on any atom is 0.201 e. The van der Waals surface area contributed by atoms with Crippen LogP contribution in [0.25, 0.3) is 0 Å². The lowest BCUT2D eigenvalue weighted by molar-refractivity contribution is -0.399. The fourth-order valence-corrected chi connectivity index (χ4v) is 3.50. The molecule has 1 aromatic rings. The summed E-state index contributed by atoms with van der Waals surface area (Å²) in [4.78, 5) is 4.64. The fraction of sp³-hybridized carbons (Fsp3) is 0.625. The van der Waals surface area contributed by atoms with Gasteiger partial charge in [-0.05, 0) is 49.3 Å². The lowest BCUT2D eigenvalue weighted by Gasteiger charge is -2.24. The van der Waals surface area contributed by atoms with E-state index in [9.17, 15) is 0 Å². The largest absolute Gasteiger partial charge is 0.497 e. The van der Waals surface area contributed by atoms with Crippen LogP contribution >= 0.6 is 0 Å². The molecule has 3 atom stereocenters. The van der Waals surface area contributed by atoms with E-state index in [1.807, 2.05) is 12.1 Å². The number of hydrogen-bond donors (Lipinski definition) is 1. The van der Waals surface area contributed by atoms with Gasteiger partial charge in [-0.2, -0.15) is 0 Å². The number of fused-ring (bicyclic) bond motifs is 2. The molecule has 110 valence electrons. The summed E-state index contributed by atoms with van der Waals surface area (Å²) in [5, 5.41) is 9.09. The van der Waals surface area contributed by atoms with Gasteiger partial charge < -0.3 is 9.47 Å². The summed E-state index contributed by atoms with van der Waals surface area (Å²) < 4.78 is 11.2. The maximum atomic E-state index is 9.09. The van der Waals surface area contributed by atoms with E-state index in [2.05, 4.69) is 17.0 Å². The highest BCUT2D eigenvalue weighted by Crippen LogP contribution is 2.43. The molecule has 4 nitrogen and oxygen atoms in total. The first-order valence-corrected chi connectivity index (χ1v) is 7.38. The summed E-state index contributed by atoms with van der Waals surface area (Å²) in [6, 6.07) is 8.24. The van der Waals surface area contributed by atoms with Gasteiger partial charge in [-0.3, -0.25) is 0 Å². The van der Waals surface area contributed by atoms with Gasteiger partial charge >= 0.3 is 0 Å². The van der Waals surface area contributed by atoms with Crippen molar-refractivity contribution < 1.29 is 19.6 Å². The van der Waals surface area contributed by atoms with Crippen molar-refractivity contribution in [3.8, 4) is 5.75 Å². The number of ether oxygens (including phenoxy) is 2. The van der Waals surface area contributed by atoms with E-state index in [1.54, 1.807) is 7.11 Å². The second kappa shape index (κ2) is 5.72. The topological polar surface area (TPSA) is 47.9 Å². The Kier molecular flexibility index (Phi) is 3.96. The van der Waals surface area contributed by atoms with Crippen molar-refractivity contribution >= 4 is 0 Å². The molecule has 0 aromatic heterocycles. The van der Waals surface area contributed by atoms with Crippen LogP contribution in [0, 0.1) is 5.92 Å². The van der Waals surface area contributed by atoms with Gasteiger partial charge in [0.2, 0.25) is 5.79 Å². The van der Waals surface area contributed by atoms with Crippen molar-refractivity contribution in [1.29, 1.82) is 0 Å².